The van der Waals surface area contributed by atoms with Crippen LogP contribution in [0.5, 0.6) is 0 Å². The Hall–Kier alpha value is -1.52. The van der Waals surface area contributed by atoms with E-state index >= 15 is 0 Å². The van der Waals surface area contributed by atoms with Crippen LogP contribution in [0, 0.1) is 0 Å². The second-order valence-electron chi connectivity index (χ2n) is 6.23. The molecule has 0 bridgehead atoms. The van der Waals surface area contributed by atoms with Gasteiger partial charge in [-0.1, -0.05) is 5.21 Å². The number of carbonyl (C=O) groups is 1. The van der Waals surface area contributed by atoms with Gasteiger partial charge in [0.05, 0.1) is 24.6 Å². The summed E-state index contributed by atoms with van der Waals surface area (Å²) >= 11 is 0. The van der Waals surface area contributed by atoms with Gasteiger partial charge in [0.2, 0.25) is 10.0 Å². The highest BCUT2D eigenvalue weighted by atomic mass is 32.2. The average Bonchev–Trinajstić information content (AvgIpc) is 3.15. The Morgan fingerprint density at radius 1 is 1.42 bits per heavy atom. The number of nitrogens with zero attached hydrogens (tertiary/aromatic N) is 4. The third-order valence-corrected chi connectivity index (χ3v) is 6.80. The lowest BCUT2D eigenvalue weighted by Gasteiger charge is -2.23. The molecule has 24 heavy (non-hydrogen) atoms. The first-order chi connectivity index (χ1) is 11.5. The fourth-order valence-corrected chi connectivity index (χ4v) is 5.03. The van der Waals surface area contributed by atoms with Gasteiger partial charge in [-0.2, -0.15) is 4.31 Å². The maximum atomic E-state index is 12.5. The fraction of sp³-hybridized carbons (Fsp3) is 0.786. The van der Waals surface area contributed by atoms with Crippen molar-refractivity contribution in [2.75, 3.05) is 26.8 Å². The average molecular weight is 357 g/mol. The maximum Gasteiger partial charge on any atom is 0.273 e. The smallest absolute Gasteiger partial charge is 0.273 e. The number of sulfonamides is 1. The molecule has 1 atom stereocenters. The van der Waals surface area contributed by atoms with E-state index in [1.807, 2.05) is 0 Å². The molecule has 1 unspecified atom stereocenters. The van der Waals surface area contributed by atoms with Crippen molar-refractivity contribution in [3.63, 3.8) is 0 Å². The van der Waals surface area contributed by atoms with Gasteiger partial charge in [-0.3, -0.25) is 9.48 Å². The summed E-state index contributed by atoms with van der Waals surface area (Å²) in [7, 11) is -1.62. The summed E-state index contributed by atoms with van der Waals surface area (Å²) in [6.45, 7) is 1.82. The number of methoxy groups -OCH3 is 1. The van der Waals surface area contributed by atoms with Crippen molar-refractivity contribution in [1.82, 2.24) is 24.6 Å². The highest BCUT2D eigenvalue weighted by Crippen LogP contribution is 2.35. The summed E-state index contributed by atoms with van der Waals surface area (Å²) in [4.78, 5) is 11.9. The van der Waals surface area contributed by atoms with Gasteiger partial charge in [-0.05, 0) is 25.7 Å². The Kier molecular flexibility index (Phi) is 5.16. The van der Waals surface area contributed by atoms with E-state index in [9.17, 15) is 13.2 Å². The molecule has 0 aromatic carbocycles. The van der Waals surface area contributed by atoms with Crippen LogP contribution in [0.4, 0.5) is 0 Å². The lowest BCUT2D eigenvalue weighted by molar-refractivity contribution is 0.0932. The fourth-order valence-electron chi connectivity index (χ4n) is 2.95. The van der Waals surface area contributed by atoms with Crippen LogP contribution in [-0.2, 0) is 21.3 Å². The Morgan fingerprint density at radius 3 is 2.92 bits per heavy atom. The van der Waals surface area contributed by atoms with Crippen molar-refractivity contribution >= 4 is 15.9 Å². The largest absolute Gasteiger partial charge is 0.383 e. The predicted octanol–water partition coefficient (Wildman–Crippen LogP) is -0.389. The van der Waals surface area contributed by atoms with Gasteiger partial charge >= 0.3 is 0 Å². The number of ether oxygens (including phenoxy) is 1. The molecular formula is C14H23N5O4S. The van der Waals surface area contributed by atoms with Gasteiger partial charge in [0, 0.05) is 26.2 Å². The summed E-state index contributed by atoms with van der Waals surface area (Å²) in [5.41, 5.74) is 0.223. The summed E-state index contributed by atoms with van der Waals surface area (Å²) in [5.74, 6) is -0.313. The lowest BCUT2D eigenvalue weighted by Crippen LogP contribution is -2.40. The molecule has 2 aliphatic rings. The number of rotatable bonds is 8. The normalized spacial score (nSPS) is 22.0. The molecule has 1 aliphatic heterocycles. The van der Waals surface area contributed by atoms with Crippen molar-refractivity contribution < 1.29 is 17.9 Å². The molecule has 2 heterocycles. The van der Waals surface area contributed by atoms with E-state index in [-0.39, 0.29) is 22.9 Å². The number of aromatic nitrogens is 3. The van der Waals surface area contributed by atoms with Gasteiger partial charge in [-0.15, -0.1) is 5.10 Å². The van der Waals surface area contributed by atoms with Crippen LogP contribution in [0.25, 0.3) is 0 Å². The molecule has 1 aromatic heterocycles. The third kappa shape index (κ3) is 3.76. The highest BCUT2D eigenvalue weighted by Gasteiger charge is 2.44. The number of nitrogens with one attached hydrogen (secondary N) is 1. The van der Waals surface area contributed by atoms with Crippen molar-refractivity contribution in [2.24, 2.45) is 0 Å². The summed E-state index contributed by atoms with van der Waals surface area (Å²) < 4.78 is 33.0. The van der Waals surface area contributed by atoms with E-state index < -0.39 is 10.0 Å². The molecule has 134 valence electrons. The minimum absolute atomic E-state index is 0.110. The molecule has 1 aliphatic carbocycles. The Bertz CT molecular complexity index is 685. The molecule has 1 N–H and O–H groups in total. The Morgan fingerprint density at radius 2 is 2.21 bits per heavy atom. The van der Waals surface area contributed by atoms with E-state index in [0.29, 0.717) is 26.2 Å². The minimum atomic E-state index is -3.18. The van der Waals surface area contributed by atoms with Gasteiger partial charge in [0.25, 0.3) is 5.91 Å². The van der Waals surface area contributed by atoms with Crippen LogP contribution in [0.3, 0.4) is 0 Å². The third-order valence-electron chi connectivity index (χ3n) is 4.36. The number of carbonyl (C=O) groups excluding carboxylic acids is 1. The van der Waals surface area contributed by atoms with Crippen LogP contribution in [0.2, 0.25) is 0 Å². The zero-order valence-corrected chi connectivity index (χ0v) is 14.5. The predicted molar refractivity (Wildman–Crippen MR) is 85.9 cm³/mol. The first-order valence-corrected chi connectivity index (χ1v) is 9.70. The molecule has 1 aromatic rings. The molecule has 1 saturated carbocycles. The van der Waals surface area contributed by atoms with Gasteiger partial charge in [0.15, 0.2) is 5.69 Å². The monoisotopic (exact) mass is 357 g/mol. The van der Waals surface area contributed by atoms with E-state index in [0.717, 1.165) is 25.7 Å². The molecule has 10 heteroatoms. The van der Waals surface area contributed by atoms with Gasteiger partial charge in [-0.25, -0.2) is 8.42 Å². The first-order valence-electron chi connectivity index (χ1n) is 8.20. The number of amides is 1. The van der Waals surface area contributed by atoms with Gasteiger partial charge < -0.3 is 10.1 Å². The van der Waals surface area contributed by atoms with Crippen LogP contribution < -0.4 is 5.32 Å². The van der Waals surface area contributed by atoms with E-state index in [2.05, 4.69) is 15.6 Å². The Balaban J connectivity index is 1.60. The van der Waals surface area contributed by atoms with E-state index in [4.69, 9.17) is 4.74 Å². The van der Waals surface area contributed by atoms with E-state index in [1.165, 1.54) is 0 Å². The topological polar surface area (TPSA) is 106 Å². The number of hydrogen-bond acceptors (Lipinski definition) is 6. The summed E-state index contributed by atoms with van der Waals surface area (Å²) in [5, 5.41) is 10.3. The maximum absolute atomic E-state index is 12.5. The van der Waals surface area contributed by atoms with Crippen LogP contribution in [0.15, 0.2) is 6.20 Å². The highest BCUT2D eigenvalue weighted by molar-refractivity contribution is 7.90. The van der Waals surface area contributed by atoms with Crippen molar-refractivity contribution in [3.05, 3.63) is 11.9 Å². The standard InChI is InChI=1S/C14H23N5O4S/c1-23-8-6-15-14(20)13-10-18(17-16-13)9-11-3-2-7-19(11)24(21,22)12-4-5-12/h10-12H,2-9H2,1H3,(H,15,20). The summed E-state index contributed by atoms with van der Waals surface area (Å²) in [6.07, 6.45) is 4.75. The molecule has 9 nitrogen and oxygen atoms in total. The minimum Gasteiger partial charge on any atom is -0.383 e. The molecule has 1 saturated heterocycles. The second-order valence-corrected chi connectivity index (χ2v) is 8.39. The van der Waals surface area contributed by atoms with Crippen LogP contribution in [-0.4, -0.2) is 71.7 Å². The zero-order valence-electron chi connectivity index (χ0n) is 13.7. The van der Waals surface area contributed by atoms with Crippen molar-refractivity contribution in [2.45, 2.75) is 43.5 Å². The summed E-state index contributed by atoms with van der Waals surface area (Å²) in [6, 6.07) is -0.110. The van der Waals surface area contributed by atoms with E-state index in [1.54, 1.807) is 22.3 Å². The number of hydrogen-bond donors (Lipinski definition) is 1. The van der Waals surface area contributed by atoms with Crippen LogP contribution in [0.1, 0.15) is 36.2 Å². The zero-order chi connectivity index (χ0) is 17.2. The SMILES string of the molecule is COCCNC(=O)c1cn(CC2CCCN2S(=O)(=O)C2CC2)nn1. The Labute approximate surface area is 141 Å². The van der Waals surface area contributed by atoms with Crippen molar-refractivity contribution in [1.29, 1.82) is 0 Å². The second kappa shape index (κ2) is 7.16. The first kappa shape index (κ1) is 17.3. The molecule has 2 fully saturated rings. The quantitative estimate of drug-likeness (QED) is 0.635. The molecule has 0 spiro atoms. The molecule has 0 radical (unpaired) electrons. The lowest BCUT2D eigenvalue weighted by atomic mass is 10.2. The van der Waals surface area contributed by atoms with Crippen LogP contribution >= 0.6 is 0 Å². The molecule has 3 rings (SSSR count). The van der Waals surface area contributed by atoms with Crippen molar-refractivity contribution in [3.8, 4) is 0 Å². The molecular weight excluding hydrogens is 334 g/mol. The van der Waals surface area contributed by atoms with Gasteiger partial charge in [0.1, 0.15) is 0 Å². The molecule has 1 amide bonds.